The van der Waals surface area contributed by atoms with Gasteiger partial charge in [-0.2, -0.15) is 4.31 Å². The monoisotopic (exact) mass is 457 g/mol. The number of carbonyl (C=O) groups is 1. The number of hydrogen-bond donors (Lipinski definition) is 0. The molecule has 3 saturated heterocycles. The van der Waals surface area contributed by atoms with Gasteiger partial charge in [0.05, 0.1) is 18.1 Å². The average Bonchev–Trinajstić information content (AvgIpc) is 3.10. The van der Waals surface area contributed by atoms with Gasteiger partial charge in [-0.15, -0.1) is 0 Å². The number of morpholine rings is 1. The van der Waals surface area contributed by atoms with E-state index in [1.54, 1.807) is 18.3 Å². The van der Waals surface area contributed by atoms with Crippen LogP contribution in [0.15, 0.2) is 53.6 Å². The molecule has 2 unspecified atom stereocenters. The molecule has 4 heterocycles. The lowest BCUT2D eigenvalue weighted by Crippen LogP contribution is -2.49. The summed E-state index contributed by atoms with van der Waals surface area (Å²) in [7, 11) is -3.57. The minimum absolute atomic E-state index is 0.0379. The van der Waals surface area contributed by atoms with E-state index in [0.29, 0.717) is 37.7 Å². The Bertz CT molecular complexity index is 1040. The van der Waals surface area contributed by atoms with Gasteiger partial charge >= 0.3 is 0 Å². The zero-order valence-corrected chi connectivity index (χ0v) is 18.6. The Kier molecular flexibility index (Phi) is 5.88. The van der Waals surface area contributed by atoms with Crippen molar-refractivity contribution in [1.82, 2.24) is 14.2 Å². The second kappa shape index (κ2) is 8.80. The topological polar surface area (TPSA) is 89.0 Å². The summed E-state index contributed by atoms with van der Waals surface area (Å²) >= 11 is 0. The predicted molar refractivity (Wildman–Crippen MR) is 117 cm³/mol. The van der Waals surface area contributed by atoms with Gasteiger partial charge in [0.1, 0.15) is 6.10 Å². The van der Waals surface area contributed by atoms with Gasteiger partial charge < -0.3 is 14.4 Å². The van der Waals surface area contributed by atoms with Crippen molar-refractivity contribution in [2.45, 2.75) is 48.8 Å². The van der Waals surface area contributed by atoms with Gasteiger partial charge in [0.25, 0.3) is 5.91 Å². The highest BCUT2D eigenvalue weighted by Crippen LogP contribution is 2.38. The van der Waals surface area contributed by atoms with E-state index in [2.05, 4.69) is 4.98 Å². The molecule has 3 aliphatic heterocycles. The summed E-state index contributed by atoms with van der Waals surface area (Å²) in [6.07, 6.45) is 5.24. The van der Waals surface area contributed by atoms with Crippen molar-refractivity contribution in [1.29, 1.82) is 0 Å². The Morgan fingerprint density at radius 2 is 1.69 bits per heavy atom. The predicted octanol–water partition coefficient (Wildman–Crippen LogP) is 2.32. The molecule has 2 atom stereocenters. The van der Waals surface area contributed by atoms with Crippen LogP contribution in [0.4, 0.5) is 0 Å². The summed E-state index contributed by atoms with van der Waals surface area (Å²) in [5, 5.41) is 0. The van der Waals surface area contributed by atoms with E-state index in [-0.39, 0.29) is 29.0 Å². The first kappa shape index (κ1) is 21.4. The highest BCUT2D eigenvalue weighted by atomic mass is 32.2. The van der Waals surface area contributed by atoms with Crippen LogP contribution in [0.25, 0.3) is 0 Å². The molecule has 0 N–H and O–H groups in total. The molecule has 32 heavy (non-hydrogen) atoms. The van der Waals surface area contributed by atoms with Crippen molar-refractivity contribution in [3.8, 4) is 5.88 Å². The average molecular weight is 458 g/mol. The van der Waals surface area contributed by atoms with E-state index in [9.17, 15) is 13.2 Å². The van der Waals surface area contributed by atoms with Gasteiger partial charge in [-0.1, -0.05) is 6.07 Å². The zero-order valence-electron chi connectivity index (χ0n) is 17.8. The van der Waals surface area contributed by atoms with E-state index >= 15 is 0 Å². The van der Waals surface area contributed by atoms with E-state index in [0.717, 1.165) is 25.7 Å². The third kappa shape index (κ3) is 4.12. The van der Waals surface area contributed by atoms with Crippen LogP contribution in [0, 0.1) is 0 Å². The number of carbonyl (C=O) groups excluding carboxylic acids is 1. The van der Waals surface area contributed by atoms with Crippen molar-refractivity contribution in [2.75, 3.05) is 26.3 Å². The summed E-state index contributed by atoms with van der Waals surface area (Å²) in [5.74, 6) is 0.581. The van der Waals surface area contributed by atoms with E-state index in [1.165, 1.54) is 16.4 Å². The van der Waals surface area contributed by atoms with Crippen LogP contribution in [0.3, 0.4) is 0 Å². The van der Waals surface area contributed by atoms with Gasteiger partial charge in [0.15, 0.2) is 0 Å². The Balaban J connectivity index is 1.27. The number of amides is 1. The molecule has 8 nitrogen and oxygen atoms in total. The highest BCUT2D eigenvalue weighted by molar-refractivity contribution is 7.89. The molecule has 9 heteroatoms. The van der Waals surface area contributed by atoms with Gasteiger partial charge in [-0.3, -0.25) is 4.79 Å². The fraction of sp³-hybridized carbons (Fsp3) is 0.478. The van der Waals surface area contributed by atoms with Gasteiger partial charge in [-0.05, 0) is 43.2 Å². The number of pyridine rings is 1. The maximum Gasteiger partial charge on any atom is 0.254 e. The van der Waals surface area contributed by atoms with Gasteiger partial charge in [0.2, 0.25) is 15.9 Å². The van der Waals surface area contributed by atoms with Crippen LogP contribution in [0.2, 0.25) is 0 Å². The summed E-state index contributed by atoms with van der Waals surface area (Å²) in [4.78, 5) is 19.7. The molecule has 2 bridgehead atoms. The molecule has 1 amide bonds. The molecule has 0 aliphatic carbocycles. The largest absolute Gasteiger partial charge is 0.474 e. The molecular formula is C23H27N3O5S. The molecule has 170 valence electrons. The Morgan fingerprint density at radius 1 is 1.00 bits per heavy atom. The lowest BCUT2D eigenvalue weighted by atomic mass is 9.98. The lowest BCUT2D eigenvalue weighted by Gasteiger charge is -2.38. The third-order valence-electron chi connectivity index (χ3n) is 6.56. The number of ether oxygens (including phenoxy) is 2. The van der Waals surface area contributed by atoms with Crippen LogP contribution in [-0.4, -0.2) is 73.0 Å². The van der Waals surface area contributed by atoms with E-state index in [1.807, 2.05) is 23.1 Å². The molecule has 3 fully saturated rings. The first-order valence-corrected chi connectivity index (χ1v) is 12.5. The third-order valence-corrected chi connectivity index (χ3v) is 8.47. The Hall–Kier alpha value is -2.49. The summed E-state index contributed by atoms with van der Waals surface area (Å²) < 4.78 is 38.4. The summed E-state index contributed by atoms with van der Waals surface area (Å²) in [5.41, 5.74) is 0.520. The maximum atomic E-state index is 13.3. The van der Waals surface area contributed by atoms with Crippen LogP contribution in [0.1, 0.15) is 36.0 Å². The second-order valence-corrected chi connectivity index (χ2v) is 10.5. The highest BCUT2D eigenvalue weighted by Gasteiger charge is 2.44. The van der Waals surface area contributed by atoms with Crippen LogP contribution >= 0.6 is 0 Å². The first-order valence-electron chi connectivity index (χ1n) is 11.1. The SMILES string of the molecule is O=C(c1ccc(S(=O)(=O)N2CCOCC2)cc1)N1C2CCC1CC(Oc1ccccn1)C2. The maximum absolute atomic E-state index is 13.3. The van der Waals surface area contributed by atoms with Crippen molar-refractivity contribution in [2.24, 2.45) is 0 Å². The molecule has 0 radical (unpaired) electrons. The van der Waals surface area contributed by atoms with Crippen LogP contribution < -0.4 is 4.74 Å². The zero-order chi connectivity index (χ0) is 22.1. The molecule has 1 aromatic heterocycles. The van der Waals surface area contributed by atoms with Crippen LogP contribution in [0.5, 0.6) is 5.88 Å². The van der Waals surface area contributed by atoms with E-state index < -0.39 is 10.0 Å². The fourth-order valence-electron chi connectivity index (χ4n) is 5.00. The van der Waals surface area contributed by atoms with Crippen molar-refractivity contribution < 1.29 is 22.7 Å². The summed E-state index contributed by atoms with van der Waals surface area (Å²) in [6.45, 7) is 1.50. The Labute approximate surface area is 188 Å². The number of fused-ring (bicyclic) bond motifs is 2. The fourth-order valence-corrected chi connectivity index (χ4v) is 6.41. The normalized spacial score (nSPS) is 26.1. The lowest BCUT2D eigenvalue weighted by molar-refractivity contribution is 0.0348. The summed E-state index contributed by atoms with van der Waals surface area (Å²) in [6, 6.07) is 12.2. The van der Waals surface area contributed by atoms with Crippen LogP contribution in [-0.2, 0) is 14.8 Å². The molecule has 5 rings (SSSR count). The number of aromatic nitrogens is 1. The number of nitrogens with zero attached hydrogens (tertiary/aromatic N) is 3. The van der Waals surface area contributed by atoms with Crippen molar-refractivity contribution in [3.05, 3.63) is 54.2 Å². The number of piperidine rings is 1. The molecule has 3 aliphatic rings. The molecule has 0 spiro atoms. The standard InChI is InChI=1S/C23H27N3O5S/c27-23(17-4-8-21(9-5-17)32(28,29)25-11-13-30-14-12-25)26-18-6-7-19(26)16-20(15-18)31-22-3-1-2-10-24-22/h1-5,8-10,18-20H,6-7,11-16H2. The quantitative estimate of drug-likeness (QED) is 0.685. The molecule has 2 aromatic rings. The first-order chi connectivity index (χ1) is 15.5. The van der Waals surface area contributed by atoms with E-state index in [4.69, 9.17) is 9.47 Å². The second-order valence-electron chi connectivity index (χ2n) is 8.52. The number of sulfonamides is 1. The van der Waals surface area contributed by atoms with Gasteiger partial charge in [0, 0.05) is 55.8 Å². The molecular weight excluding hydrogens is 430 g/mol. The number of hydrogen-bond acceptors (Lipinski definition) is 6. The number of rotatable bonds is 5. The van der Waals surface area contributed by atoms with Gasteiger partial charge in [-0.25, -0.2) is 13.4 Å². The minimum Gasteiger partial charge on any atom is -0.474 e. The molecule has 1 aromatic carbocycles. The number of benzene rings is 1. The molecule has 0 saturated carbocycles. The smallest absolute Gasteiger partial charge is 0.254 e. The van der Waals surface area contributed by atoms with Crippen molar-refractivity contribution in [3.63, 3.8) is 0 Å². The van der Waals surface area contributed by atoms with Crippen molar-refractivity contribution >= 4 is 15.9 Å². The Morgan fingerprint density at radius 3 is 2.31 bits per heavy atom. The minimum atomic E-state index is -3.57.